The molecule has 1 saturated carbocycles. The van der Waals surface area contributed by atoms with E-state index in [1.54, 1.807) is 0 Å². The summed E-state index contributed by atoms with van der Waals surface area (Å²) in [6, 6.07) is 0. The van der Waals surface area contributed by atoms with Crippen molar-refractivity contribution in [3.05, 3.63) is 0 Å². The Morgan fingerprint density at radius 1 is 1.09 bits per heavy atom. The van der Waals surface area contributed by atoms with Gasteiger partial charge in [0.2, 0.25) is 0 Å². The quantitative estimate of drug-likeness (QED) is 0.646. The van der Waals surface area contributed by atoms with Crippen LogP contribution in [0, 0.1) is 5.92 Å². The molecule has 0 aromatic rings. The van der Waals surface area contributed by atoms with E-state index in [0.717, 1.165) is 24.4 Å². The molecule has 2 aliphatic rings. The number of rotatable bonds is 3. The Balaban J connectivity index is 1.59. The average Bonchev–Trinajstić information content (AvgIpc) is 2.86. The summed E-state index contributed by atoms with van der Waals surface area (Å²) in [6.07, 6.45) is 5.57. The molecule has 0 bridgehead atoms. The molecule has 0 unspecified atom stereocenters. The summed E-state index contributed by atoms with van der Waals surface area (Å²) in [7, 11) is 0. The monoisotopic (exact) mass is 172 g/mol. The second-order valence-corrected chi connectivity index (χ2v) is 4.92. The van der Waals surface area contributed by atoms with E-state index in [2.05, 4.69) is 11.8 Å². The predicted octanol–water partition coefficient (Wildman–Crippen LogP) is 2.31. The van der Waals surface area contributed by atoms with E-state index in [9.17, 15) is 0 Å². The standard InChI is InChI=1S/C9H16OS/c1-2-8(1)7-11-9-3-5-10-6-4-9/h8-9H,1-7H2. The van der Waals surface area contributed by atoms with Crippen molar-refractivity contribution in [3.63, 3.8) is 0 Å². The molecule has 11 heavy (non-hydrogen) atoms. The highest BCUT2D eigenvalue weighted by molar-refractivity contribution is 7.99. The van der Waals surface area contributed by atoms with Crippen molar-refractivity contribution in [1.29, 1.82) is 0 Å². The molecule has 2 fully saturated rings. The van der Waals surface area contributed by atoms with Gasteiger partial charge in [-0.25, -0.2) is 0 Å². The summed E-state index contributed by atoms with van der Waals surface area (Å²) in [5.74, 6) is 2.51. The van der Waals surface area contributed by atoms with Crippen molar-refractivity contribution < 1.29 is 4.74 Å². The molecule has 64 valence electrons. The molecule has 1 heterocycles. The van der Waals surface area contributed by atoms with Crippen molar-refractivity contribution in [2.75, 3.05) is 19.0 Å². The molecular weight excluding hydrogens is 156 g/mol. The fourth-order valence-corrected chi connectivity index (χ4v) is 2.80. The maximum atomic E-state index is 5.31. The fourth-order valence-electron chi connectivity index (χ4n) is 1.40. The van der Waals surface area contributed by atoms with E-state index in [4.69, 9.17) is 4.74 Å². The SMILES string of the molecule is C1CC(SCC2CC2)CCO1. The van der Waals surface area contributed by atoms with Crippen molar-refractivity contribution >= 4 is 11.8 Å². The Bertz CT molecular complexity index is 117. The first-order valence-corrected chi connectivity index (χ1v) is 5.69. The van der Waals surface area contributed by atoms with Crippen LogP contribution in [0.4, 0.5) is 0 Å². The summed E-state index contributed by atoms with van der Waals surface area (Å²) < 4.78 is 5.31. The van der Waals surface area contributed by atoms with Crippen LogP contribution in [0.25, 0.3) is 0 Å². The van der Waals surface area contributed by atoms with Crippen LogP contribution in [0.15, 0.2) is 0 Å². The van der Waals surface area contributed by atoms with Crippen LogP contribution in [-0.4, -0.2) is 24.2 Å². The number of ether oxygens (including phenoxy) is 1. The Hall–Kier alpha value is 0.310. The van der Waals surface area contributed by atoms with Gasteiger partial charge in [-0.15, -0.1) is 0 Å². The lowest BCUT2D eigenvalue weighted by atomic mass is 10.2. The van der Waals surface area contributed by atoms with Gasteiger partial charge >= 0.3 is 0 Å². The van der Waals surface area contributed by atoms with Gasteiger partial charge in [0.05, 0.1) is 0 Å². The lowest BCUT2D eigenvalue weighted by molar-refractivity contribution is 0.1000. The van der Waals surface area contributed by atoms with E-state index in [-0.39, 0.29) is 0 Å². The van der Waals surface area contributed by atoms with Gasteiger partial charge < -0.3 is 4.74 Å². The molecule has 2 rings (SSSR count). The summed E-state index contributed by atoms with van der Waals surface area (Å²) in [5.41, 5.74) is 0. The number of thioether (sulfide) groups is 1. The van der Waals surface area contributed by atoms with Crippen molar-refractivity contribution in [3.8, 4) is 0 Å². The third kappa shape index (κ3) is 2.68. The fraction of sp³-hybridized carbons (Fsp3) is 1.00. The number of hydrogen-bond acceptors (Lipinski definition) is 2. The van der Waals surface area contributed by atoms with Gasteiger partial charge in [-0.3, -0.25) is 0 Å². The van der Waals surface area contributed by atoms with Crippen LogP contribution >= 0.6 is 11.8 Å². The summed E-state index contributed by atoms with van der Waals surface area (Å²) in [4.78, 5) is 0. The minimum Gasteiger partial charge on any atom is -0.381 e. The van der Waals surface area contributed by atoms with Crippen LogP contribution in [0.3, 0.4) is 0 Å². The van der Waals surface area contributed by atoms with Crippen LogP contribution in [0.5, 0.6) is 0 Å². The van der Waals surface area contributed by atoms with Crippen LogP contribution in [-0.2, 0) is 4.74 Å². The zero-order valence-electron chi connectivity index (χ0n) is 6.92. The van der Waals surface area contributed by atoms with Gasteiger partial charge in [-0.1, -0.05) is 0 Å². The normalized spacial score (nSPS) is 27.3. The number of hydrogen-bond donors (Lipinski definition) is 0. The van der Waals surface area contributed by atoms with Crippen LogP contribution < -0.4 is 0 Å². The molecule has 0 atom stereocenters. The molecule has 1 nitrogen and oxygen atoms in total. The summed E-state index contributed by atoms with van der Waals surface area (Å²) in [5, 5.41) is 0.921. The molecule has 0 amide bonds. The van der Waals surface area contributed by atoms with E-state index in [0.29, 0.717) is 0 Å². The van der Waals surface area contributed by atoms with Gasteiger partial charge in [0.25, 0.3) is 0 Å². The Morgan fingerprint density at radius 3 is 2.45 bits per heavy atom. The van der Waals surface area contributed by atoms with Gasteiger partial charge in [-0.05, 0) is 37.4 Å². The highest BCUT2D eigenvalue weighted by Crippen LogP contribution is 2.35. The maximum Gasteiger partial charge on any atom is 0.0476 e. The first-order valence-electron chi connectivity index (χ1n) is 4.64. The van der Waals surface area contributed by atoms with Crippen molar-refractivity contribution in [1.82, 2.24) is 0 Å². The predicted molar refractivity (Wildman–Crippen MR) is 49.0 cm³/mol. The molecule has 0 N–H and O–H groups in total. The molecule has 1 saturated heterocycles. The zero-order valence-corrected chi connectivity index (χ0v) is 7.74. The average molecular weight is 172 g/mol. The van der Waals surface area contributed by atoms with Gasteiger partial charge in [0, 0.05) is 18.5 Å². The molecule has 0 spiro atoms. The lowest BCUT2D eigenvalue weighted by Crippen LogP contribution is -2.17. The molecule has 2 heteroatoms. The van der Waals surface area contributed by atoms with Gasteiger partial charge in [-0.2, -0.15) is 11.8 Å². The smallest absolute Gasteiger partial charge is 0.0476 e. The Kier molecular flexibility index (Phi) is 2.75. The van der Waals surface area contributed by atoms with Crippen molar-refractivity contribution in [2.45, 2.75) is 30.9 Å². The molecular formula is C9H16OS. The van der Waals surface area contributed by atoms with Gasteiger partial charge in [0.15, 0.2) is 0 Å². The zero-order chi connectivity index (χ0) is 7.52. The highest BCUT2D eigenvalue weighted by Gasteiger charge is 2.23. The molecule has 1 aliphatic heterocycles. The van der Waals surface area contributed by atoms with Crippen LogP contribution in [0.1, 0.15) is 25.7 Å². The van der Waals surface area contributed by atoms with Gasteiger partial charge in [0.1, 0.15) is 0 Å². The third-order valence-electron chi connectivity index (χ3n) is 2.43. The molecule has 0 aromatic carbocycles. The third-order valence-corrected chi connectivity index (χ3v) is 4.04. The topological polar surface area (TPSA) is 9.23 Å². The maximum absolute atomic E-state index is 5.31. The van der Waals surface area contributed by atoms with E-state index in [1.807, 2.05) is 0 Å². The first-order chi connectivity index (χ1) is 5.45. The van der Waals surface area contributed by atoms with E-state index < -0.39 is 0 Å². The Labute approximate surface area is 72.9 Å². The van der Waals surface area contributed by atoms with E-state index in [1.165, 1.54) is 31.4 Å². The minimum absolute atomic E-state index is 0.921. The largest absolute Gasteiger partial charge is 0.381 e. The van der Waals surface area contributed by atoms with E-state index >= 15 is 0 Å². The molecule has 0 radical (unpaired) electrons. The summed E-state index contributed by atoms with van der Waals surface area (Å²) in [6.45, 7) is 2.00. The molecule has 0 aromatic heterocycles. The molecule has 1 aliphatic carbocycles. The van der Waals surface area contributed by atoms with Crippen LogP contribution in [0.2, 0.25) is 0 Å². The van der Waals surface area contributed by atoms with Crippen molar-refractivity contribution in [2.24, 2.45) is 5.92 Å². The second kappa shape index (κ2) is 3.81. The first kappa shape index (κ1) is 7.93. The minimum atomic E-state index is 0.921. The highest BCUT2D eigenvalue weighted by atomic mass is 32.2. The summed E-state index contributed by atoms with van der Waals surface area (Å²) >= 11 is 2.19. The second-order valence-electron chi connectivity index (χ2n) is 3.59. The Morgan fingerprint density at radius 2 is 1.82 bits per heavy atom. The lowest BCUT2D eigenvalue weighted by Gasteiger charge is -2.21.